The van der Waals surface area contributed by atoms with Crippen molar-refractivity contribution in [1.82, 2.24) is 5.32 Å². The minimum absolute atomic E-state index is 0.132. The van der Waals surface area contributed by atoms with Crippen LogP contribution in [0.3, 0.4) is 0 Å². The lowest BCUT2D eigenvalue weighted by molar-refractivity contribution is -0.126. The van der Waals surface area contributed by atoms with Gasteiger partial charge in [-0.3, -0.25) is 4.79 Å². The van der Waals surface area contributed by atoms with Crippen molar-refractivity contribution in [2.24, 2.45) is 5.92 Å². The predicted octanol–water partition coefficient (Wildman–Crippen LogP) is 2.79. The first-order valence-corrected chi connectivity index (χ1v) is 8.09. The molecule has 0 saturated carbocycles. The SMILES string of the molecule is CC(COc1ccccc1)C(=O)NCC(C)(O)c1cccs1. The Bertz CT molecular complexity index is 581. The smallest absolute Gasteiger partial charge is 0.226 e. The Morgan fingerprint density at radius 2 is 2.05 bits per heavy atom. The van der Waals surface area contributed by atoms with Crippen LogP contribution in [-0.2, 0) is 10.4 Å². The third-order valence-electron chi connectivity index (χ3n) is 3.35. The third-order valence-corrected chi connectivity index (χ3v) is 4.47. The Balaban J connectivity index is 1.79. The molecule has 0 bridgehead atoms. The molecule has 2 atom stereocenters. The number of carbonyl (C=O) groups is 1. The van der Waals surface area contributed by atoms with Gasteiger partial charge in [-0.15, -0.1) is 11.3 Å². The number of rotatable bonds is 7. The number of ether oxygens (including phenoxy) is 1. The van der Waals surface area contributed by atoms with Crippen molar-refractivity contribution in [2.45, 2.75) is 19.4 Å². The molecule has 2 aromatic rings. The number of nitrogens with one attached hydrogen (secondary N) is 1. The van der Waals surface area contributed by atoms with E-state index in [0.29, 0.717) is 6.61 Å². The fourth-order valence-electron chi connectivity index (χ4n) is 1.92. The van der Waals surface area contributed by atoms with Crippen molar-refractivity contribution in [1.29, 1.82) is 0 Å². The van der Waals surface area contributed by atoms with Crippen LogP contribution in [0.4, 0.5) is 0 Å². The third kappa shape index (κ3) is 4.58. The van der Waals surface area contributed by atoms with E-state index in [0.717, 1.165) is 10.6 Å². The normalized spacial score (nSPS) is 14.9. The Kier molecular flexibility index (Phi) is 5.57. The second kappa shape index (κ2) is 7.42. The topological polar surface area (TPSA) is 58.6 Å². The molecular weight excluding hydrogens is 298 g/mol. The molecular formula is C17H21NO3S. The van der Waals surface area contributed by atoms with E-state index in [1.807, 2.05) is 47.8 Å². The van der Waals surface area contributed by atoms with Crippen LogP contribution in [-0.4, -0.2) is 24.2 Å². The predicted molar refractivity (Wildman–Crippen MR) is 88.0 cm³/mol. The molecule has 2 N–H and O–H groups in total. The zero-order valence-electron chi connectivity index (χ0n) is 12.8. The van der Waals surface area contributed by atoms with Gasteiger partial charge in [-0.1, -0.05) is 31.2 Å². The van der Waals surface area contributed by atoms with Gasteiger partial charge in [0.15, 0.2) is 0 Å². The highest BCUT2D eigenvalue weighted by atomic mass is 32.1. The number of aliphatic hydroxyl groups is 1. The zero-order valence-corrected chi connectivity index (χ0v) is 13.6. The Morgan fingerprint density at radius 3 is 2.68 bits per heavy atom. The number of carbonyl (C=O) groups excluding carboxylic acids is 1. The number of thiophene rings is 1. The maximum atomic E-state index is 12.1. The van der Waals surface area contributed by atoms with Crippen LogP contribution in [0, 0.1) is 5.92 Å². The average molecular weight is 319 g/mol. The van der Waals surface area contributed by atoms with Crippen LogP contribution in [0.5, 0.6) is 5.75 Å². The van der Waals surface area contributed by atoms with Gasteiger partial charge < -0.3 is 15.2 Å². The largest absolute Gasteiger partial charge is 0.493 e. The van der Waals surface area contributed by atoms with Crippen LogP contribution in [0.2, 0.25) is 0 Å². The van der Waals surface area contributed by atoms with Crippen molar-refractivity contribution in [3.63, 3.8) is 0 Å². The summed E-state index contributed by atoms with van der Waals surface area (Å²) in [6.07, 6.45) is 0. The van der Waals surface area contributed by atoms with E-state index in [9.17, 15) is 9.90 Å². The van der Waals surface area contributed by atoms with Crippen molar-refractivity contribution >= 4 is 17.2 Å². The van der Waals surface area contributed by atoms with E-state index in [1.54, 1.807) is 13.8 Å². The molecule has 0 aliphatic carbocycles. The maximum Gasteiger partial charge on any atom is 0.226 e. The monoisotopic (exact) mass is 319 g/mol. The summed E-state index contributed by atoms with van der Waals surface area (Å²) in [5, 5.41) is 15.1. The van der Waals surface area contributed by atoms with Gasteiger partial charge in [0.25, 0.3) is 0 Å². The minimum atomic E-state index is -1.05. The zero-order chi connectivity index (χ0) is 16.0. The Hall–Kier alpha value is -1.85. The molecule has 5 heteroatoms. The lowest BCUT2D eigenvalue weighted by Crippen LogP contribution is -2.41. The fraction of sp³-hybridized carbons (Fsp3) is 0.353. The molecule has 0 aliphatic rings. The molecule has 4 nitrogen and oxygen atoms in total. The average Bonchev–Trinajstić information content (AvgIpc) is 3.06. The van der Waals surface area contributed by atoms with Gasteiger partial charge in [0.05, 0.1) is 19.1 Å². The second-order valence-corrected chi connectivity index (χ2v) is 6.44. The van der Waals surface area contributed by atoms with Crippen molar-refractivity contribution in [3.8, 4) is 5.75 Å². The van der Waals surface area contributed by atoms with Crippen molar-refractivity contribution in [3.05, 3.63) is 52.7 Å². The first kappa shape index (κ1) is 16.5. The molecule has 1 amide bonds. The van der Waals surface area contributed by atoms with Crippen molar-refractivity contribution < 1.29 is 14.6 Å². The molecule has 118 valence electrons. The van der Waals surface area contributed by atoms with E-state index < -0.39 is 5.60 Å². The van der Waals surface area contributed by atoms with Gasteiger partial charge in [0.1, 0.15) is 11.4 Å². The highest BCUT2D eigenvalue weighted by Crippen LogP contribution is 2.24. The molecule has 1 aromatic heterocycles. The van der Waals surface area contributed by atoms with Crippen LogP contribution in [0.25, 0.3) is 0 Å². The van der Waals surface area contributed by atoms with Gasteiger partial charge in [0.2, 0.25) is 5.91 Å². The molecule has 2 rings (SSSR count). The van der Waals surface area contributed by atoms with Crippen LogP contribution < -0.4 is 10.1 Å². The van der Waals surface area contributed by atoms with E-state index >= 15 is 0 Å². The highest BCUT2D eigenvalue weighted by molar-refractivity contribution is 7.10. The summed E-state index contributed by atoms with van der Waals surface area (Å²) in [4.78, 5) is 12.9. The standard InChI is InChI=1S/C17H21NO3S/c1-13(11-21-14-7-4-3-5-8-14)16(19)18-12-17(2,20)15-9-6-10-22-15/h3-10,13,20H,11-12H2,1-2H3,(H,18,19). The number of amides is 1. The van der Waals surface area contributed by atoms with Crippen LogP contribution >= 0.6 is 11.3 Å². The summed E-state index contributed by atoms with van der Waals surface area (Å²) in [6, 6.07) is 13.1. The summed E-state index contributed by atoms with van der Waals surface area (Å²) in [6.45, 7) is 3.99. The Morgan fingerprint density at radius 1 is 1.32 bits per heavy atom. The summed E-state index contributed by atoms with van der Waals surface area (Å²) in [7, 11) is 0. The maximum absolute atomic E-state index is 12.1. The van der Waals surface area contributed by atoms with Crippen molar-refractivity contribution in [2.75, 3.05) is 13.2 Å². The van der Waals surface area contributed by atoms with E-state index in [4.69, 9.17) is 4.74 Å². The molecule has 0 fully saturated rings. The fourth-order valence-corrected chi connectivity index (χ4v) is 2.71. The highest BCUT2D eigenvalue weighted by Gasteiger charge is 2.26. The van der Waals surface area contributed by atoms with Gasteiger partial charge >= 0.3 is 0 Å². The first-order chi connectivity index (χ1) is 10.5. The Labute approximate surface area is 134 Å². The van der Waals surface area contributed by atoms with Gasteiger partial charge in [-0.05, 0) is 30.5 Å². The second-order valence-electron chi connectivity index (χ2n) is 5.49. The summed E-state index contributed by atoms with van der Waals surface area (Å²) in [5.74, 6) is 0.319. The van der Waals surface area contributed by atoms with E-state index in [-0.39, 0.29) is 18.4 Å². The molecule has 0 radical (unpaired) electrons. The molecule has 0 saturated heterocycles. The summed E-state index contributed by atoms with van der Waals surface area (Å²) >= 11 is 1.47. The van der Waals surface area contributed by atoms with E-state index in [1.165, 1.54) is 11.3 Å². The quantitative estimate of drug-likeness (QED) is 0.825. The van der Waals surface area contributed by atoms with Crippen LogP contribution in [0.15, 0.2) is 47.8 Å². The minimum Gasteiger partial charge on any atom is -0.493 e. The number of para-hydroxylation sites is 1. The first-order valence-electron chi connectivity index (χ1n) is 7.21. The molecule has 1 heterocycles. The van der Waals surface area contributed by atoms with Gasteiger partial charge in [-0.2, -0.15) is 0 Å². The van der Waals surface area contributed by atoms with Crippen LogP contribution in [0.1, 0.15) is 18.7 Å². The summed E-state index contributed by atoms with van der Waals surface area (Å²) in [5.41, 5.74) is -1.05. The summed E-state index contributed by atoms with van der Waals surface area (Å²) < 4.78 is 5.57. The lowest BCUT2D eigenvalue weighted by atomic mass is 10.0. The van der Waals surface area contributed by atoms with Gasteiger partial charge in [-0.25, -0.2) is 0 Å². The number of hydrogen-bond donors (Lipinski definition) is 2. The molecule has 0 aliphatic heterocycles. The number of hydrogen-bond acceptors (Lipinski definition) is 4. The molecule has 2 unspecified atom stereocenters. The lowest BCUT2D eigenvalue weighted by Gasteiger charge is -2.23. The molecule has 1 aromatic carbocycles. The molecule has 22 heavy (non-hydrogen) atoms. The number of benzene rings is 1. The molecule has 0 spiro atoms. The van der Waals surface area contributed by atoms with Gasteiger partial charge in [0, 0.05) is 4.88 Å². The van der Waals surface area contributed by atoms with E-state index in [2.05, 4.69) is 5.32 Å².